The first-order valence-corrected chi connectivity index (χ1v) is 9.71. The van der Waals surface area contributed by atoms with E-state index in [0.29, 0.717) is 30.3 Å². The fourth-order valence-electron chi connectivity index (χ4n) is 3.29. The van der Waals surface area contributed by atoms with Crippen molar-refractivity contribution in [3.8, 4) is 5.75 Å². The van der Waals surface area contributed by atoms with Crippen LogP contribution in [0.25, 0.3) is 0 Å². The first-order chi connectivity index (χ1) is 13.3. The van der Waals surface area contributed by atoms with Gasteiger partial charge in [-0.2, -0.15) is 0 Å². The second-order valence-corrected chi connectivity index (χ2v) is 7.79. The quantitative estimate of drug-likeness (QED) is 0.788. The van der Waals surface area contributed by atoms with Crippen LogP contribution in [0.4, 0.5) is 5.69 Å². The Morgan fingerprint density at radius 1 is 1.14 bits per heavy atom. The smallest absolute Gasteiger partial charge is 0.253 e. The Labute approximate surface area is 166 Å². The molecule has 1 saturated carbocycles. The molecule has 1 fully saturated rings. The van der Waals surface area contributed by atoms with Crippen LogP contribution >= 0.6 is 0 Å². The van der Waals surface area contributed by atoms with Crippen LogP contribution in [-0.4, -0.2) is 36.9 Å². The number of carbonyl (C=O) groups is 2. The van der Waals surface area contributed by atoms with Crippen LogP contribution in [-0.2, 0) is 4.79 Å². The first kappa shape index (κ1) is 19.9. The average molecular weight is 380 g/mol. The topological polar surface area (TPSA) is 58.6 Å². The fourth-order valence-corrected chi connectivity index (χ4v) is 3.29. The van der Waals surface area contributed by atoms with Gasteiger partial charge in [-0.1, -0.05) is 19.1 Å². The van der Waals surface area contributed by atoms with Crippen molar-refractivity contribution in [1.82, 2.24) is 4.90 Å². The number of anilines is 1. The minimum absolute atomic E-state index is 0.0345. The number of hydrogen-bond acceptors (Lipinski definition) is 3. The Hall–Kier alpha value is -2.82. The van der Waals surface area contributed by atoms with Crippen molar-refractivity contribution in [3.05, 3.63) is 59.2 Å². The summed E-state index contributed by atoms with van der Waals surface area (Å²) in [7, 11) is 1.75. The number of ether oxygens (including phenoxy) is 1. The highest BCUT2D eigenvalue weighted by Gasteiger charge is 2.39. The lowest BCUT2D eigenvalue weighted by molar-refractivity contribution is -0.117. The number of hydrogen-bond donors (Lipinski definition) is 1. The van der Waals surface area contributed by atoms with Crippen LogP contribution in [0, 0.1) is 25.7 Å². The number of nitrogens with zero attached hydrogens (tertiary/aromatic N) is 1. The third-order valence-corrected chi connectivity index (χ3v) is 5.06. The monoisotopic (exact) mass is 380 g/mol. The minimum Gasteiger partial charge on any atom is -0.492 e. The summed E-state index contributed by atoms with van der Waals surface area (Å²) < 4.78 is 5.79. The molecule has 2 aromatic carbocycles. The summed E-state index contributed by atoms with van der Waals surface area (Å²) in [5, 5.41) is 2.91. The third kappa shape index (κ3) is 5.12. The molecule has 148 valence electrons. The van der Waals surface area contributed by atoms with Gasteiger partial charge in [-0.05, 0) is 67.6 Å². The molecule has 2 atom stereocenters. The van der Waals surface area contributed by atoms with E-state index in [9.17, 15) is 9.59 Å². The van der Waals surface area contributed by atoms with Crippen molar-refractivity contribution in [3.63, 3.8) is 0 Å². The number of aryl methyl sites for hydroxylation is 2. The average Bonchev–Trinajstić information content (AvgIpc) is 3.37. The van der Waals surface area contributed by atoms with Gasteiger partial charge in [0.1, 0.15) is 12.4 Å². The first-order valence-electron chi connectivity index (χ1n) is 9.71. The molecule has 3 rings (SSSR count). The van der Waals surface area contributed by atoms with Gasteiger partial charge in [-0.15, -0.1) is 0 Å². The Balaban J connectivity index is 1.54. The van der Waals surface area contributed by atoms with E-state index in [-0.39, 0.29) is 17.7 Å². The molecular weight excluding hydrogens is 352 g/mol. The zero-order valence-corrected chi connectivity index (χ0v) is 17.0. The third-order valence-electron chi connectivity index (χ3n) is 5.06. The van der Waals surface area contributed by atoms with Crippen LogP contribution in [0.5, 0.6) is 5.75 Å². The number of amides is 2. The van der Waals surface area contributed by atoms with E-state index in [1.807, 2.05) is 32.0 Å². The van der Waals surface area contributed by atoms with Crippen LogP contribution in [0.1, 0.15) is 34.8 Å². The summed E-state index contributed by atoms with van der Waals surface area (Å²) in [6.07, 6.45) is 0.938. The molecule has 28 heavy (non-hydrogen) atoms. The molecule has 1 aliphatic carbocycles. The Kier molecular flexibility index (Phi) is 6.02. The molecule has 2 aromatic rings. The molecule has 0 bridgehead atoms. The highest BCUT2D eigenvalue weighted by atomic mass is 16.5. The summed E-state index contributed by atoms with van der Waals surface area (Å²) >= 11 is 0. The SMILES string of the molecule is Cc1cc(C)cc(OCCN(C)C(=O)c2cccc(NC(=O)C3CC3C)c2)c1. The number of likely N-dealkylation sites (N-methyl/N-ethyl adjacent to an activating group) is 1. The van der Waals surface area contributed by atoms with Crippen LogP contribution < -0.4 is 10.1 Å². The molecule has 1 aliphatic rings. The van der Waals surface area contributed by atoms with Crippen LogP contribution in [0.15, 0.2) is 42.5 Å². The molecule has 0 radical (unpaired) electrons. The molecular formula is C23H28N2O3. The van der Waals surface area contributed by atoms with Gasteiger partial charge in [0, 0.05) is 24.2 Å². The molecule has 0 heterocycles. The molecule has 0 saturated heterocycles. The van der Waals surface area contributed by atoms with Gasteiger partial charge < -0.3 is 15.0 Å². The highest BCUT2D eigenvalue weighted by molar-refractivity contribution is 5.98. The van der Waals surface area contributed by atoms with Crippen molar-refractivity contribution >= 4 is 17.5 Å². The Morgan fingerprint density at radius 2 is 1.82 bits per heavy atom. The van der Waals surface area contributed by atoms with Gasteiger partial charge in [-0.3, -0.25) is 9.59 Å². The van der Waals surface area contributed by atoms with Crippen LogP contribution in [0.2, 0.25) is 0 Å². The highest BCUT2D eigenvalue weighted by Crippen LogP contribution is 2.38. The van der Waals surface area contributed by atoms with Crippen molar-refractivity contribution in [1.29, 1.82) is 0 Å². The van der Waals surface area contributed by atoms with E-state index in [0.717, 1.165) is 23.3 Å². The molecule has 0 aromatic heterocycles. The van der Waals surface area contributed by atoms with E-state index in [2.05, 4.69) is 18.3 Å². The van der Waals surface area contributed by atoms with Crippen LogP contribution in [0.3, 0.4) is 0 Å². The van der Waals surface area contributed by atoms with Crippen molar-refractivity contribution in [2.24, 2.45) is 11.8 Å². The molecule has 1 N–H and O–H groups in total. The number of rotatable bonds is 7. The second-order valence-electron chi connectivity index (χ2n) is 7.79. The maximum atomic E-state index is 12.7. The maximum absolute atomic E-state index is 12.7. The summed E-state index contributed by atoms with van der Waals surface area (Å²) in [4.78, 5) is 26.4. The number of nitrogens with one attached hydrogen (secondary N) is 1. The number of benzene rings is 2. The predicted octanol–water partition coefficient (Wildman–Crippen LogP) is 4.05. The molecule has 2 unspecified atom stereocenters. The van der Waals surface area contributed by atoms with Gasteiger partial charge in [0.05, 0.1) is 6.54 Å². The second kappa shape index (κ2) is 8.46. The zero-order chi connectivity index (χ0) is 20.3. The normalized spacial score (nSPS) is 17.7. The maximum Gasteiger partial charge on any atom is 0.253 e. The van der Waals surface area contributed by atoms with E-state index in [1.54, 1.807) is 30.1 Å². The Morgan fingerprint density at radius 3 is 2.46 bits per heavy atom. The summed E-state index contributed by atoms with van der Waals surface area (Å²) in [6, 6.07) is 13.2. The van der Waals surface area contributed by atoms with Gasteiger partial charge in [0.2, 0.25) is 5.91 Å². The molecule has 2 amide bonds. The van der Waals surface area contributed by atoms with Gasteiger partial charge in [-0.25, -0.2) is 0 Å². The lowest BCUT2D eigenvalue weighted by Crippen LogP contribution is -2.31. The summed E-state index contributed by atoms with van der Waals surface area (Å²) in [5.41, 5.74) is 3.52. The summed E-state index contributed by atoms with van der Waals surface area (Å²) in [5.74, 6) is 1.31. The predicted molar refractivity (Wildman–Crippen MR) is 111 cm³/mol. The lowest BCUT2D eigenvalue weighted by Gasteiger charge is -2.18. The fraction of sp³-hybridized carbons (Fsp3) is 0.391. The Bertz CT molecular complexity index is 858. The van der Waals surface area contributed by atoms with Gasteiger partial charge in [0.15, 0.2) is 0 Å². The van der Waals surface area contributed by atoms with Gasteiger partial charge >= 0.3 is 0 Å². The van der Waals surface area contributed by atoms with Crippen molar-refractivity contribution in [2.75, 3.05) is 25.5 Å². The molecule has 5 nitrogen and oxygen atoms in total. The van der Waals surface area contributed by atoms with Crippen molar-refractivity contribution < 1.29 is 14.3 Å². The van der Waals surface area contributed by atoms with E-state index in [4.69, 9.17) is 4.74 Å². The molecule has 0 aliphatic heterocycles. The lowest BCUT2D eigenvalue weighted by atomic mass is 10.1. The molecule has 0 spiro atoms. The van der Waals surface area contributed by atoms with E-state index in [1.165, 1.54) is 0 Å². The summed E-state index contributed by atoms with van der Waals surface area (Å²) in [6.45, 7) is 7.03. The minimum atomic E-state index is -0.0973. The van der Waals surface area contributed by atoms with Gasteiger partial charge in [0.25, 0.3) is 5.91 Å². The molecule has 5 heteroatoms. The number of carbonyl (C=O) groups excluding carboxylic acids is 2. The van der Waals surface area contributed by atoms with E-state index >= 15 is 0 Å². The van der Waals surface area contributed by atoms with Crippen molar-refractivity contribution in [2.45, 2.75) is 27.2 Å². The zero-order valence-electron chi connectivity index (χ0n) is 17.0. The van der Waals surface area contributed by atoms with E-state index < -0.39 is 0 Å². The standard InChI is InChI=1S/C23H28N2O3/c1-15-10-16(2)12-20(11-15)28-9-8-25(4)23(27)18-6-5-7-19(14-18)24-22(26)21-13-17(21)3/h5-7,10-12,14,17,21H,8-9,13H2,1-4H3,(H,24,26). The largest absolute Gasteiger partial charge is 0.492 e.